The molecule has 108 valence electrons. The van der Waals surface area contributed by atoms with E-state index in [1.807, 2.05) is 6.07 Å². The first-order chi connectivity index (χ1) is 9.36. The first-order valence-electron chi connectivity index (χ1n) is 5.66. The number of nitriles is 1. The topological polar surface area (TPSA) is 121 Å². The van der Waals surface area contributed by atoms with E-state index in [0.717, 1.165) is 0 Å². The fourth-order valence-corrected chi connectivity index (χ4v) is 4.00. The van der Waals surface area contributed by atoms with Gasteiger partial charge in [0.1, 0.15) is 6.04 Å². The molecule has 0 fully saturated rings. The molecule has 6 nitrogen and oxygen atoms in total. The molecule has 0 bridgehead atoms. The van der Waals surface area contributed by atoms with Crippen LogP contribution in [0.3, 0.4) is 0 Å². The molecule has 0 saturated carbocycles. The second-order valence-corrected chi connectivity index (χ2v) is 7.23. The Kier molecular flexibility index (Phi) is 6.01. The van der Waals surface area contributed by atoms with Crippen LogP contribution >= 0.6 is 11.8 Å². The molecule has 20 heavy (non-hydrogen) atoms. The van der Waals surface area contributed by atoms with Gasteiger partial charge in [-0.3, -0.25) is 4.79 Å². The van der Waals surface area contributed by atoms with E-state index in [2.05, 4.69) is 0 Å². The zero-order chi connectivity index (χ0) is 15.2. The number of hydrogen-bond acceptors (Lipinski definition) is 6. The highest BCUT2D eigenvalue weighted by atomic mass is 32.2. The molecule has 1 aromatic carbocycles. The van der Waals surface area contributed by atoms with Crippen molar-refractivity contribution < 1.29 is 18.3 Å². The number of carboxylic acids is 1. The van der Waals surface area contributed by atoms with Crippen molar-refractivity contribution in [2.45, 2.75) is 10.9 Å². The quantitative estimate of drug-likeness (QED) is 0.702. The fraction of sp³-hybridized carbons (Fsp3) is 0.333. The third-order valence-corrected chi connectivity index (χ3v) is 5.53. The van der Waals surface area contributed by atoms with Gasteiger partial charge in [-0.2, -0.15) is 17.0 Å². The summed E-state index contributed by atoms with van der Waals surface area (Å²) in [6.07, 6.45) is 0. The van der Waals surface area contributed by atoms with Gasteiger partial charge in [0.05, 0.1) is 22.3 Å². The molecule has 0 spiro atoms. The summed E-state index contributed by atoms with van der Waals surface area (Å²) in [7, 11) is -3.42. The Balaban J connectivity index is 2.53. The normalized spacial score (nSPS) is 12.6. The summed E-state index contributed by atoms with van der Waals surface area (Å²) in [5.41, 5.74) is 5.70. The van der Waals surface area contributed by atoms with Crippen molar-refractivity contribution in [3.05, 3.63) is 29.8 Å². The van der Waals surface area contributed by atoms with Crippen molar-refractivity contribution in [1.29, 1.82) is 5.26 Å². The minimum Gasteiger partial charge on any atom is -0.480 e. The van der Waals surface area contributed by atoms with Gasteiger partial charge in [-0.05, 0) is 24.3 Å². The highest BCUT2D eigenvalue weighted by Crippen LogP contribution is 2.14. The van der Waals surface area contributed by atoms with Crippen LogP contribution in [0.15, 0.2) is 29.2 Å². The minimum atomic E-state index is -3.42. The molecule has 0 saturated heterocycles. The second kappa shape index (κ2) is 7.28. The van der Waals surface area contributed by atoms with Gasteiger partial charge in [0, 0.05) is 11.5 Å². The molecule has 1 aromatic rings. The van der Waals surface area contributed by atoms with Crippen LogP contribution in [0.4, 0.5) is 0 Å². The summed E-state index contributed by atoms with van der Waals surface area (Å²) in [6.45, 7) is 0. The minimum absolute atomic E-state index is 0.101. The Labute approximate surface area is 121 Å². The van der Waals surface area contributed by atoms with Crippen molar-refractivity contribution in [3.63, 3.8) is 0 Å². The lowest BCUT2D eigenvalue weighted by Crippen LogP contribution is -2.32. The van der Waals surface area contributed by atoms with Crippen molar-refractivity contribution in [2.24, 2.45) is 5.73 Å². The maximum Gasteiger partial charge on any atom is 0.321 e. The van der Waals surface area contributed by atoms with E-state index in [1.165, 1.54) is 36.0 Å². The van der Waals surface area contributed by atoms with Crippen LogP contribution in [0.1, 0.15) is 5.56 Å². The molecular weight excluding hydrogens is 300 g/mol. The van der Waals surface area contributed by atoms with E-state index in [1.54, 1.807) is 0 Å². The fourth-order valence-electron chi connectivity index (χ4n) is 1.30. The van der Waals surface area contributed by atoms with Crippen LogP contribution in [0, 0.1) is 11.3 Å². The third kappa shape index (κ3) is 4.85. The molecule has 0 aromatic heterocycles. The lowest BCUT2D eigenvalue weighted by atomic mass is 10.2. The highest BCUT2D eigenvalue weighted by Gasteiger charge is 2.16. The number of thioether (sulfide) groups is 1. The van der Waals surface area contributed by atoms with Gasteiger partial charge in [0.15, 0.2) is 9.84 Å². The zero-order valence-electron chi connectivity index (χ0n) is 10.5. The molecule has 0 unspecified atom stereocenters. The SMILES string of the molecule is N#Cc1ccc(S(=O)(=O)CCSC[C@H](N)C(=O)O)cc1. The van der Waals surface area contributed by atoms with Crippen LogP contribution < -0.4 is 5.73 Å². The summed E-state index contributed by atoms with van der Waals surface area (Å²) in [4.78, 5) is 10.6. The molecule has 0 heterocycles. The predicted octanol–water partition coefficient (Wildman–Crippen LogP) is 0.477. The molecular formula is C12H14N2O4S2. The average Bonchev–Trinajstić information content (AvgIpc) is 2.43. The number of aliphatic carboxylic acids is 1. The van der Waals surface area contributed by atoms with Crippen LogP contribution in [0.5, 0.6) is 0 Å². The standard InChI is InChI=1S/C12H14N2O4S2/c13-7-9-1-3-10(4-2-9)20(17,18)6-5-19-8-11(14)12(15)16/h1-4,11H,5-6,8,14H2,(H,15,16)/t11-/m0/s1. The van der Waals surface area contributed by atoms with Gasteiger partial charge < -0.3 is 10.8 Å². The van der Waals surface area contributed by atoms with Crippen molar-refractivity contribution >= 4 is 27.6 Å². The van der Waals surface area contributed by atoms with Crippen molar-refractivity contribution in [1.82, 2.24) is 0 Å². The molecule has 1 rings (SSSR count). The summed E-state index contributed by atoms with van der Waals surface area (Å²) < 4.78 is 23.9. The Morgan fingerprint density at radius 3 is 2.50 bits per heavy atom. The molecule has 1 atom stereocenters. The van der Waals surface area contributed by atoms with Crippen LogP contribution in [-0.4, -0.2) is 42.8 Å². The average molecular weight is 314 g/mol. The smallest absolute Gasteiger partial charge is 0.321 e. The van der Waals surface area contributed by atoms with Crippen LogP contribution in [0.2, 0.25) is 0 Å². The molecule has 0 aliphatic heterocycles. The Bertz CT molecular complexity index is 605. The molecule has 0 amide bonds. The highest BCUT2D eigenvalue weighted by molar-refractivity contribution is 8.00. The molecule has 0 aliphatic rings. The summed E-state index contributed by atoms with van der Waals surface area (Å²) in [6, 6.07) is 6.59. The largest absolute Gasteiger partial charge is 0.480 e. The lowest BCUT2D eigenvalue weighted by Gasteiger charge is -2.07. The van der Waals surface area contributed by atoms with E-state index in [0.29, 0.717) is 5.56 Å². The third-order valence-electron chi connectivity index (χ3n) is 2.45. The van der Waals surface area contributed by atoms with Gasteiger partial charge in [-0.1, -0.05) is 0 Å². The molecule has 0 aliphatic carbocycles. The van der Waals surface area contributed by atoms with Gasteiger partial charge in [-0.15, -0.1) is 0 Å². The van der Waals surface area contributed by atoms with E-state index in [9.17, 15) is 13.2 Å². The Hall–Kier alpha value is -1.56. The first-order valence-corrected chi connectivity index (χ1v) is 8.46. The molecule has 3 N–H and O–H groups in total. The number of nitrogens with two attached hydrogens (primary N) is 1. The van der Waals surface area contributed by atoms with Crippen molar-refractivity contribution in [2.75, 3.05) is 17.3 Å². The van der Waals surface area contributed by atoms with Gasteiger partial charge >= 0.3 is 5.97 Å². The van der Waals surface area contributed by atoms with Gasteiger partial charge in [-0.25, -0.2) is 8.42 Å². The summed E-state index contributed by atoms with van der Waals surface area (Å²) >= 11 is 1.18. The number of carboxylic acid groups (broad SMARTS) is 1. The van der Waals surface area contributed by atoms with Crippen molar-refractivity contribution in [3.8, 4) is 6.07 Å². The number of hydrogen-bond donors (Lipinski definition) is 2. The summed E-state index contributed by atoms with van der Waals surface area (Å²) in [5, 5.41) is 17.2. The van der Waals surface area contributed by atoms with Crippen LogP contribution in [0.25, 0.3) is 0 Å². The zero-order valence-corrected chi connectivity index (χ0v) is 12.2. The summed E-state index contributed by atoms with van der Waals surface area (Å²) in [5.74, 6) is -0.773. The van der Waals surface area contributed by atoms with E-state index >= 15 is 0 Å². The van der Waals surface area contributed by atoms with Gasteiger partial charge in [0.25, 0.3) is 0 Å². The predicted molar refractivity (Wildman–Crippen MR) is 76.1 cm³/mol. The molecule has 8 heteroatoms. The van der Waals surface area contributed by atoms with Gasteiger partial charge in [0.2, 0.25) is 0 Å². The first kappa shape index (κ1) is 16.5. The number of benzene rings is 1. The Morgan fingerprint density at radius 1 is 1.40 bits per heavy atom. The number of nitrogens with zero attached hydrogens (tertiary/aromatic N) is 1. The second-order valence-electron chi connectivity index (χ2n) is 3.97. The van der Waals surface area contributed by atoms with E-state index in [4.69, 9.17) is 16.1 Å². The number of carbonyl (C=O) groups is 1. The number of sulfone groups is 1. The molecule has 0 radical (unpaired) electrons. The maximum atomic E-state index is 12.0. The van der Waals surface area contributed by atoms with Crippen LogP contribution in [-0.2, 0) is 14.6 Å². The number of rotatable bonds is 7. The van der Waals surface area contributed by atoms with E-state index < -0.39 is 21.8 Å². The monoisotopic (exact) mass is 314 g/mol. The lowest BCUT2D eigenvalue weighted by molar-refractivity contribution is -0.137. The maximum absolute atomic E-state index is 12.0. The van der Waals surface area contributed by atoms with E-state index in [-0.39, 0.29) is 22.2 Å². The Morgan fingerprint density at radius 2 is 2.00 bits per heavy atom.